The third kappa shape index (κ3) is 3.85. The standard InChI is InChI=1S/C14H13FN2O3S/c1-9(6-10-4-5-21-8-10)16-14(18)12-7-11(15)2-3-13(12)17(19)20/h2-5,7-9H,6H2,1H3,(H,16,18). The molecule has 0 aliphatic rings. The first-order valence-electron chi connectivity index (χ1n) is 6.23. The molecular weight excluding hydrogens is 295 g/mol. The topological polar surface area (TPSA) is 72.2 Å². The van der Waals surface area contributed by atoms with E-state index in [1.54, 1.807) is 18.3 Å². The molecule has 0 radical (unpaired) electrons. The van der Waals surface area contributed by atoms with E-state index in [0.717, 1.165) is 23.8 Å². The first-order chi connectivity index (χ1) is 9.97. The first kappa shape index (κ1) is 15.1. The normalized spacial score (nSPS) is 11.9. The van der Waals surface area contributed by atoms with Crippen LogP contribution in [0.1, 0.15) is 22.8 Å². The number of hydrogen-bond acceptors (Lipinski definition) is 4. The molecule has 0 saturated heterocycles. The van der Waals surface area contributed by atoms with Gasteiger partial charge < -0.3 is 5.32 Å². The largest absolute Gasteiger partial charge is 0.349 e. The second-order valence-corrected chi connectivity index (χ2v) is 5.41. The van der Waals surface area contributed by atoms with E-state index in [0.29, 0.717) is 6.42 Å². The maximum absolute atomic E-state index is 13.2. The number of benzene rings is 1. The molecule has 21 heavy (non-hydrogen) atoms. The van der Waals surface area contributed by atoms with Crippen molar-refractivity contribution in [1.29, 1.82) is 0 Å². The monoisotopic (exact) mass is 308 g/mol. The summed E-state index contributed by atoms with van der Waals surface area (Å²) in [4.78, 5) is 22.3. The van der Waals surface area contributed by atoms with Crippen LogP contribution in [0.4, 0.5) is 10.1 Å². The van der Waals surface area contributed by atoms with Gasteiger partial charge in [-0.3, -0.25) is 14.9 Å². The highest BCUT2D eigenvalue weighted by atomic mass is 32.1. The Kier molecular flexibility index (Phi) is 4.64. The maximum atomic E-state index is 13.2. The molecule has 2 aromatic rings. The molecule has 1 aromatic carbocycles. The van der Waals surface area contributed by atoms with Gasteiger partial charge in [0.15, 0.2) is 0 Å². The molecule has 2 rings (SSSR count). The van der Waals surface area contributed by atoms with Crippen LogP contribution in [0, 0.1) is 15.9 Å². The van der Waals surface area contributed by atoms with E-state index in [2.05, 4.69) is 5.32 Å². The minimum Gasteiger partial charge on any atom is -0.349 e. The second-order valence-electron chi connectivity index (χ2n) is 4.63. The summed E-state index contributed by atoms with van der Waals surface area (Å²) in [6.07, 6.45) is 0.609. The van der Waals surface area contributed by atoms with Gasteiger partial charge >= 0.3 is 0 Å². The van der Waals surface area contributed by atoms with Crippen molar-refractivity contribution in [2.75, 3.05) is 0 Å². The Bertz CT molecular complexity index is 658. The highest BCUT2D eigenvalue weighted by molar-refractivity contribution is 7.07. The summed E-state index contributed by atoms with van der Waals surface area (Å²) in [6.45, 7) is 1.79. The van der Waals surface area contributed by atoms with Gasteiger partial charge in [-0.25, -0.2) is 4.39 Å². The minimum absolute atomic E-state index is 0.213. The number of hydrogen-bond donors (Lipinski definition) is 1. The molecule has 1 amide bonds. The number of nitrogens with zero attached hydrogens (tertiary/aromatic N) is 1. The average molecular weight is 308 g/mol. The van der Waals surface area contributed by atoms with Crippen molar-refractivity contribution in [3.63, 3.8) is 0 Å². The van der Waals surface area contributed by atoms with E-state index in [4.69, 9.17) is 0 Å². The molecule has 1 unspecified atom stereocenters. The van der Waals surface area contributed by atoms with Crippen LogP contribution in [0.2, 0.25) is 0 Å². The van der Waals surface area contributed by atoms with Crippen LogP contribution in [0.5, 0.6) is 0 Å². The summed E-state index contributed by atoms with van der Waals surface area (Å²) in [7, 11) is 0. The Morgan fingerprint density at radius 3 is 2.86 bits per heavy atom. The molecule has 1 atom stereocenters. The summed E-state index contributed by atoms with van der Waals surface area (Å²) in [5.74, 6) is -1.33. The van der Waals surface area contributed by atoms with Gasteiger partial charge in [0.1, 0.15) is 11.4 Å². The van der Waals surface area contributed by atoms with E-state index < -0.39 is 22.3 Å². The van der Waals surface area contributed by atoms with Gasteiger partial charge in [0.25, 0.3) is 11.6 Å². The van der Waals surface area contributed by atoms with Crippen molar-refractivity contribution in [3.8, 4) is 0 Å². The first-order valence-corrected chi connectivity index (χ1v) is 7.17. The molecule has 0 aliphatic carbocycles. The van der Waals surface area contributed by atoms with Gasteiger partial charge in [-0.2, -0.15) is 11.3 Å². The number of amides is 1. The lowest BCUT2D eigenvalue weighted by molar-refractivity contribution is -0.385. The summed E-state index contributed by atoms with van der Waals surface area (Å²) < 4.78 is 13.2. The fraction of sp³-hybridized carbons (Fsp3) is 0.214. The van der Waals surface area contributed by atoms with Gasteiger partial charge in [0.2, 0.25) is 0 Å². The number of nitrogens with one attached hydrogen (secondary N) is 1. The van der Waals surface area contributed by atoms with Crippen molar-refractivity contribution < 1.29 is 14.1 Å². The SMILES string of the molecule is CC(Cc1ccsc1)NC(=O)c1cc(F)ccc1[N+](=O)[O-]. The lowest BCUT2D eigenvalue weighted by Gasteiger charge is -2.13. The van der Waals surface area contributed by atoms with Crippen LogP contribution in [0.3, 0.4) is 0 Å². The van der Waals surface area contributed by atoms with Crippen molar-refractivity contribution >= 4 is 22.9 Å². The van der Waals surface area contributed by atoms with Crippen molar-refractivity contribution in [1.82, 2.24) is 5.32 Å². The van der Waals surface area contributed by atoms with Crippen LogP contribution in [0.25, 0.3) is 0 Å². The molecule has 1 aromatic heterocycles. The average Bonchev–Trinajstić information content (AvgIpc) is 2.90. The highest BCUT2D eigenvalue weighted by Gasteiger charge is 2.22. The number of nitro benzene ring substituents is 1. The van der Waals surface area contributed by atoms with E-state index in [1.807, 2.05) is 16.8 Å². The number of nitro groups is 1. The maximum Gasteiger partial charge on any atom is 0.282 e. The van der Waals surface area contributed by atoms with Crippen molar-refractivity contribution in [3.05, 3.63) is 62.1 Å². The Morgan fingerprint density at radius 2 is 2.24 bits per heavy atom. The summed E-state index contributed by atoms with van der Waals surface area (Å²) in [5.41, 5.74) is 0.398. The molecule has 1 N–H and O–H groups in total. The van der Waals surface area contributed by atoms with E-state index in [9.17, 15) is 19.3 Å². The molecule has 0 spiro atoms. The summed E-state index contributed by atoms with van der Waals surface area (Å²) in [5, 5.41) is 17.4. The predicted molar refractivity (Wildman–Crippen MR) is 78.0 cm³/mol. The van der Waals surface area contributed by atoms with Crippen LogP contribution in [-0.2, 0) is 6.42 Å². The van der Waals surface area contributed by atoms with E-state index >= 15 is 0 Å². The summed E-state index contributed by atoms with van der Waals surface area (Å²) in [6, 6.07) is 4.57. The second kappa shape index (κ2) is 6.45. The van der Waals surface area contributed by atoms with Gasteiger partial charge in [-0.05, 0) is 47.9 Å². The smallest absolute Gasteiger partial charge is 0.282 e. The molecule has 0 aliphatic heterocycles. The highest BCUT2D eigenvalue weighted by Crippen LogP contribution is 2.19. The number of carbonyl (C=O) groups excluding carboxylic acids is 1. The Balaban J connectivity index is 2.12. The Morgan fingerprint density at radius 1 is 1.48 bits per heavy atom. The van der Waals surface area contributed by atoms with Gasteiger partial charge in [-0.15, -0.1) is 0 Å². The molecule has 0 fully saturated rings. The van der Waals surface area contributed by atoms with Crippen LogP contribution in [0.15, 0.2) is 35.0 Å². The van der Waals surface area contributed by atoms with Gasteiger partial charge in [-0.1, -0.05) is 0 Å². The number of thiophene rings is 1. The Labute approximate surface area is 124 Å². The van der Waals surface area contributed by atoms with Crippen molar-refractivity contribution in [2.24, 2.45) is 0 Å². The zero-order valence-corrected chi connectivity index (χ0v) is 12.0. The third-order valence-corrected chi connectivity index (χ3v) is 3.63. The molecule has 0 saturated carbocycles. The summed E-state index contributed by atoms with van der Waals surface area (Å²) >= 11 is 1.55. The minimum atomic E-state index is -0.697. The molecule has 0 bridgehead atoms. The van der Waals surface area contributed by atoms with Crippen LogP contribution in [-0.4, -0.2) is 16.9 Å². The molecular formula is C14H13FN2O3S. The third-order valence-electron chi connectivity index (χ3n) is 2.90. The molecule has 7 heteroatoms. The number of rotatable bonds is 5. The lowest BCUT2D eigenvalue weighted by atomic mass is 10.1. The van der Waals surface area contributed by atoms with E-state index in [-0.39, 0.29) is 11.6 Å². The van der Waals surface area contributed by atoms with Crippen LogP contribution < -0.4 is 5.32 Å². The van der Waals surface area contributed by atoms with Crippen molar-refractivity contribution in [2.45, 2.75) is 19.4 Å². The quantitative estimate of drug-likeness (QED) is 0.681. The molecule has 110 valence electrons. The fourth-order valence-corrected chi connectivity index (χ4v) is 2.65. The predicted octanol–water partition coefficient (Wildman–Crippen LogP) is 3.16. The zero-order chi connectivity index (χ0) is 15.4. The van der Waals surface area contributed by atoms with Crippen LogP contribution >= 0.6 is 11.3 Å². The fourth-order valence-electron chi connectivity index (χ4n) is 1.96. The van der Waals surface area contributed by atoms with Gasteiger partial charge in [0.05, 0.1) is 4.92 Å². The lowest BCUT2D eigenvalue weighted by Crippen LogP contribution is -2.34. The zero-order valence-electron chi connectivity index (χ0n) is 11.2. The molecule has 1 heterocycles. The van der Waals surface area contributed by atoms with E-state index in [1.165, 1.54) is 0 Å². The number of halogens is 1. The number of carbonyl (C=O) groups is 1. The van der Waals surface area contributed by atoms with Gasteiger partial charge in [0, 0.05) is 12.1 Å². The Hall–Kier alpha value is -2.28. The molecule has 5 nitrogen and oxygen atoms in total.